The molecule has 0 aliphatic carbocycles. The van der Waals surface area contributed by atoms with E-state index < -0.39 is 0 Å². The van der Waals surface area contributed by atoms with Crippen LogP contribution in [0.4, 0.5) is 0 Å². The second-order valence-corrected chi connectivity index (χ2v) is 1.04. The first-order chi connectivity index (χ1) is 7.07. The van der Waals surface area contributed by atoms with Gasteiger partial charge in [-0.1, -0.05) is 0 Å². The average Bonchev–Trinajstić information content (AvgIpc) is 2.09. The molecular weight excluding hydrogens is 467 g/mol. The third-order valence-electron chi connectivity index (χ3n) is 0. The number of nitroso groups, excluding NO2 is 5. The summed E-state index contributed by atoms with van der Waals surface area (Å²) in [5.74, 6) is 0. The molecule has 10 nitrogen and oxygen atoms in total. The van der Waals surface area contributed by atoms with Gasteiger partial charge in [0.2, 0.25) is 0 Å². The first-order valence-corrected chi connectivity index (χ1v) is 3.45. The molecule has 100 valence electrons. The van der Waals surface area contributed by atoms with Crippen LogP contribution in [0, 0.1) is 24.5 Å². The van der Waals surface area contributed by atoms with E-state index in [-0.39, 0.29) is 70.9 Å². The molecule has 0 radical (unpaired) electrons. The Morgan fingerprint density at radius 1 is 0.471 bits per heavy atom. The fourth-order valence-corrected chi connectivity index (χ4v) is 0. The normalized spacial score (nSPS) is 3.82. The topological polar surface area (TPSA) is 147 Å². The molecule has 0 aromatic heterocycles. The van der Waals surface area contributed by atoms with Crippen molar-refractivity contribution < 1.29 is 19.5 Å². The quantitative estimate of drug-likeness (QED) is 0.391. The Balaban J connectivity index is -0.0000000143. The molecule has 0 N–H and O–H groups in total. The van der Waals surface area contributed by atoms with Crippen molar-refractivity contribution in [2.45, 2.75) is 0 Å². The van der Waals surface area contributed by atoms with Crippen LogP contribution in [-0.2, 0) is 19.5 Å². The first-order valence-electron chi connectivity index (χ1n) is 1.76. The third kappa shape index (κ3) is 1500. The Morgan fingerprint density at radius 3 is 0.471 bits per heavy atom. The zero-order chi connectivity index (χ0) is 13.5. The summed E-state index contributed by atoms with van der Waals surface area (Å²) in [5, 5.41) is 0. The summed E-state index contributed by atoms with van der Waals surface area (Å²) < 4.78 is 8.61. The van der Waals surface area contributed by atoms with Crippen molar-refractivity contribution in [2.75, 3.05) is 0 Å². The minimum absolute atomic E-state index is 0. The molecule has 0 spiro atoms. The maximum atomic E-state index is 8.32. The maximum absolute atomic E-state index is 8.32. The van der Waals surface area contributed by atoms with Crippen LogP contribution in [0.2, 0.25) is 0 Å². The van der Waals surface area contributed by atoms with E-state index in [0.717, 1.165) is 0 Å². The van der Waals surface area contributed by atoms with Gasteiger partial charge in [0, 0.05) is 43.0 Å². The van der Waals surface area contributed by atoms with Crippen molar-refractivity contribution in [3.63, 3.8) is 0 Å². The molecule has 0 heterocycles. The molecular formula is HCl5KN5O5Ru. The average molecular weight is 468 g/mol. The Morgan fingerprint density at radius 2 is 0.471 bits per heavy atom. The standard InChI is InChI=1S/5ClNO.K.Ru.H/c5*1-2-3;;;. The smallest absolute Gasteiger partial charge is 0 e. The van der Waals surface area contributed by atoms with E-state index in [1.807, 2.05) is 0 Å². The van der Waals surface area contributed by atoms with E-state index in [9.17, 15) is 0 Å². The first kappa shape index (κ1) is 42.8. The number of rotatable bonds is 0. The summed E-state index contributed by atoms with van der Waals surface area (Å²) in [6.45, 7) is 0. The van der Waals surface area contributed by atoms with E-state index in [2.05, 4.69) is 58.9 Å². The van der Waals surface area contributed by atoms with E-state index in [0.29, 0.717) is 0 Å². The van der Waals surface area contributed by atoms with Gasteiger partial charge in [0.15, 0.2) is 0 Å². The zero-order valence-electron chi connectivity index (χ0n) is 6.52. The van der Waals surface area contributed by atoms with Gasteiger partial charge in [-0.05, 0) is 0 Å². The predicted octanol–water partition coefficient (Wildman–Crippen LogP) is 3.88. The van der Waals surface area contributed by atoms with Crippen LogP contribution >= 0.6 is 58.9 Å². The van der Waals surface area contributed by atoms with Gasteiger partial charge in [-0.2, -0.15) is 0 Å². The molecule has 0 rings (SSSR count). The summed E-state index contributed by atoms with van der Waals surface area (Å²) in [4.78, 5) is 41.6. The van der Waals surface area contributed by atoms with Crippen molar-refractivity contribution in [1.29, 1.82) is 0 Å². The number of halogens is 5. The molecule has 0 atom stereocenters. The fraction of sp³-hybridized carbons (Fsp3) is 0. The van der Waals surface area contributed by atoms with E-state index in [1.165, 1.54) is 0 Å². The van der Waals surface area contributed by atoms with Gasteiger partial charge >= 0.3 is 51.4 Å². The molecule has 0 fully saturated rings. The van der Waals surface area contributed by atoms with E-state index in [4.69, 9.17) is 24.5 Å². The fourth-order valence-electron chi connectivity index (χ4n) is 0. The minimum atomic E-state index is 0. The molecule has 17 heteroatoms. The number of hydrogen-bond donors (Lipinski definition) is 0. The van der Waals surface area contributed by atoms with E-state index in [1.54, 1.807) is 23.5 Å². The Bertz CT molecular complexity index is 107. The summed E-state index contributed by atoms with van der Waals surface area (Å²) in [6, 6.07) is 0. The SMILES string of the molecule is O=NCl.O=NCl.O=NCl.O=NCl.O=NCl.[KH].[Ru]. The van der Waals surface area contributed by atoms with Gasteiger partial charge in [0.1, 0.15) is 0 Å². The Labute approximate surface area is 175 Å². The monoisotopic (exact) mass is 467 g/mol. The van der Waals surface area contributed by atoms with Gasteiger partial charge in [-0.25, -0.2) is 0 Å². The van der Waals surface area contributed by atoms with Crippen LogP contribution in [0.15, 0.2) is 23.5 Å². The van der Waals surface area contributed by atoms with Crippen molar-refractivity contribution in [3.8, 4) is 0 Å². The van der Waals surface area contributed by atoms with Gasteiger partial charge in [-0.15, -0.1) is 24.5 Å². The van der Waals surface area contributed by atoms with Crippen LogP contribution < -0.4 is 0 Å². The Kier molecular flexibility index (Phi) is 276. The number of hydrogen-bond acceptors (Lipinski definition) is 10. The van der Waals surface area contributed by atoms with Gasteiger partial charge < -0.3 is 0 Å². The van der Waals surface area contributed by atoms with Crippen LogP contribution in [0.1, 0.15) is 0 Å². The maximum Gasteiger partial charge on any atom is 0 e. The van der Waals surface area contributed by atoms with E-state index >= 15 is 0 Å². The zero-order valence-corrected chi connectivity index (χ0v) is 12.0. The molecule has 0 bridgehead atoms. The third-order valence-corrected chi connectivity index (χ3v) is 0. The summed E-state index contributed by atoms with van der Waals surface area (Å²) in [7, 11) is 0. The molecule has 0 amide bonds. The molecule has 0 aromatic carbocycles. The summed E-state index contributed by atoms with van der Waals surface area (Å²) in [6.07, 6.45) is 0. The number of nitrogens with zero attached hydrogens (tertiary/aromatic N) is 5. The largest absolute Gasteiger partial charge is 0 e. The van der Waals surface area contributed by atoms with Gasteiger partial charge in [0.05, 0.1) is 58.9 Å². The van der Waals surface area contributed by atoms with Crippen molar-refractivity contribution in [2.24, 2.45) is 23.5 Å². The van der Waals surface area contributed by atoms with Crippen molar-refractivity contribution >= 4 is 110 Å². The van der Waals surface area contributed by atoms with Gasteiger partial charge in [-0.3, -0.25) is 0 Å². The summed E-state index contributed by atoms with van der Waals surface area (Å²) >= 11 is 20.3. The Hall–Kier alpha value is 1.71. The molecule has 0 saturated heterocycles. The molecule has 0 unspecified atom stereocenters. The van der Waals surface area contributed by atoms with Crippen LogP contribution in [-0.4, -0.2) is 51.4 Å². The molecule has 17 heavy (non-hydrogen) atoms. The molecule has 0 aliphatic rings. The summed E-state index contributed by atoms with van der Waals surface area (Å²) in [5.41, 5.74) is 0. The van der Waals surface area contributed by atoms with Crippen LogP contribution in [0.5, 0.6) is 0 Å². The molecule has 0 aliphatic heterocycles. The second-order valence-electron chi connectivity index (χ2n) is 0.345. The van der Waals surface area contributed by atoms with Crippen molar-refractivity contribution in [3.05, 3.63) is 24.5 Å². The molecule has 0 aromatic rings. The van der Waals surface area contributed by atoms with Crippen LogP contribution in [0.3, 0.4) is 0 Å². The van der Waals surface area contributed by atoms with Crippen molar-refractivity contribution in [1.82, 2.24) is 0 Å². The minimum Gasteiger partial charge on any atom is 0 e. The van der Waals surface area contributed by atoms with Crippen LogP contribution in [0.25, 0.3) is 0 Å². The van der Waals surface area contributed by atoms with Gasteiger partial charge in [0.25, 0.3) is 0 Å². The second kappa shape index (κ2) is 110. The predicted molar refractivity (Wildman–Crippen MR) is 65.4 cm³/mol. The molecule has 0 saturated carbocycles.